The van der Waals surface area contributed by atoms with Crippen molar-refractivity contribution >= 4 is 5.52 Å². The van der Waals surface area contributed by atoms with Crippen molar-refractivity contribution in [3.05, 3.63) is 36.7 Å². The van der Waals surface area contributed by atoms with Gasteiger partial charge in [-0.1, -0.05) is 0 Å². The fraction of sp³-hybridized carbons (Fsp3) is 0.273. The van der Waals surface area contributed by atoms with Crippen LogP contribution in [0.25, 0.3) is 5.52 Å². The molecule has 0 bridgehead atoms. The van der Waals surface area contributed by atoms with Gasteiger partial charge in [-0.2, -0.15) is 0 Å². The zero-order valence-corrected chi connectivity index (χ0v) is 7.90. The van der Waals surface area contributed by atoms with Crippen molar-refractivity contribution in [2.45, 2.75) is 20.0 Å². The number of rotatable bonds is 2. The molecular weight excluding hydrogens is 162 g/mol. The second-order valence-electron chi connectivity index (χ2n) is 3.34. The minimum atomic E-state index is 0.223. The van der Waals surface area contributed by atoms with E-state index in [1.807, 2.05) is 44.4 Å². The van der Waals surface area contributed by atoms with Gasteiger partial charge in [-0.25, -0.2) is 0 Å². The molecule has 0 fully saturated rings. The minimum absolute atomic E-state index is 0.223. The Hall–Kier alpha value is -1.44. The maximum absolute atomic E-state index is 5.66. The molecule has 2 aromatic heterocycles. The maximum Gasteiger partial charge on any atom is 0.143 e. The van der Waals surface area contributed by atoms with Gasteiger partial charge in [0.1, 0.15) is 5.75 Å². The second kappa shape index (κ2) is 3.13. The zero-order chi connectivity index (χ0) is 9.26. The predicted molar refractivity (Wildman–Crippen MR) is 53.2 cm³/mol. The topological polar surface area (TPSA) is 13.6 Å². The summed E-state index contributed by atoms with van der Waals surface area (Å²) in [6, 6.07) is 8.06. The summed E-state index contributed by atoms with van der Waals surface area (Å²) >= 11 is 0. The molecule has 0 atom stereocenters. The van der Waals surface area contributed by atoms with E-state index in [1.54, 1.807) is 0 Å². The van der Waals surface area contributed by atoms with Crippen molar-refractivity contribution in [1.82, 2.24) is 4.40 Å². The summed E-state index contributed by atoms with van der Waals surface area (Å²) in [6.07, 6.45) is 4.26. The van der Waals surface area contributed by atoms with E-state index in [2.05, 4.69) is 10.5 Å². The molecule has 0 amide bonds. The molecule has 0 aliphatic rings. The SMILES string of the molecule is CC(C)Oc1cccn2cccc12. The molecule has 0 N–H and O–H groups in total. The summed E-state index contributed by atoms with van der Waals surface area (Å²) in [4.78, 5) is 0. The third kappa shape index (κ3) is 1.52. The average Bonchev–Trinajstić information content (AvgIpc) is 2.51. The Labute approximate surface area is 77.8 Å². The highest BCUT2D eigenvalue weighted by atomic mass is 16.5. The smallest absolute Gasteiger partial charge is 0.143 e. The van der Waals surface area contributed by atoms with Crippen LogP contribution in [0.4, 0.5) is 0 Å². The Bertz CT molecular complexity index is 403. The van der Waals surface area contributed by atoms with Crippen molar-refractivity contribution in [3.63, 3.8) is 0 Å². The van der Waals surface area contributed by atoms with Crippen LogP contribution in [0.3, 0.4) is 0 Å². The number of aromatic nitrogens is 1. The van der Waals surface area contributed by atoms with E-state index >= 15 is 0 Å². The van der Waals surface area contributed by atoms with Gasteiger partial charge in [0.05, 0.1) is 11.6 Å². The number of hydrogen-bond acceptors (Lipinski definition) is 1. The van der Waals surface area contributed by atoms with Gasteiger partial charge in [0, 0.05) is 12.4 Å². The third-order valence-corrected chi connectivity index (χ3v) is 1.89. The van der Waals surface area contributed by atoms with E-state index in [1.165, 1.54) is 0 Å². The Morgan fingerprint density at radius 2 is 1.85 bits per heavy atom. The Morgan fingerprint density at radius 3 is 2.54 bits per heavy atom. The molecule has 2 rings (SSSR count). The van der Waals surface area contributed by atoms with Crippen LogP contribution in [0.1, 0.15) is 13.8 Å². The van der Waals surface area contributed by atoms with Crippen molar-refractivity contribution in [2.75, 3.05) is 0 Å². The number of nitrogens with zero attached hydrogens (tertiary/aromatic N) is 1. The summed E-state index contributed by atoms with van der Waals surface area (Å²) in [5.41, 5.74) is 1.12. The lowest BCUT2D eigenvalue weighted by molar-refractivity contribution is 0.244. The number of ether oxygens (including phenoxy) is 1. The Kier molecular flexibility index (Phi) is 1.97. The minimum Gasteiger partial charge on any atom is -0.489 e. The highest BCUT2D eigenvalue weighted by Gasteiger charge is 2.02. The molecule has 0 aliphatic heterocycles. The van der Waals surface area contributed by atoms with Crippen LogP contribution in [0.15, 0.2) is 36.7 Å². The lowest BCUT2D eigenvalue weighted by Gasteiger charge is -2.10. The Balaban J connectivity index is 2.48. The largest absolute Gasteiger partial charge is 0.489 e. The monoisotopic (exact) mass is 175 g/mol. The first kappa shape index (κ1) is 8.17. The summed E-state index contributed by atoms with van der Waals surface area (Å²) in [5.74, 6) is 0.947. The number of pyridine rings is 1. The zero-order valence-electron chi connectivity index (χ0n) is 7.90. The number of fused-ring (bicyclic) bond motifs is 1. The normalized spacial score (nSPS) is 11.0. The van der Waals surface area contributed by atoms with Crippen LogP contribution in [0, 0.1) is 0 Å². The van der Waals surface area contributed by atoms with Gasteiger partial charge in [-0.05, 0) is 38.1 Å². The molecule has 0 saturated carbocycles. The van der Waals surface area contributed by atoms with Gasteiger partial charge in [0.15, 0.2) is 0 Å². The molecule has 0 unspecified atom stereocenters. The highest BCUT2D eigenvalue weighted by Crippen LogP contribution is 2.20. The van der Waals surface area contributed by atoms with Crippen molar-refractivity contribution in [1.29, 1.82) is 0 Å². The summed E-state index contributed by atoms with van der Waals surface area (Å²) in [5, 5.41) is 0. The van der Waals surface area contributed by atoms with Crippen LogP contribution >= 0.6 is 0 Å². The van der Waals surface area contributed by atoms with Crippen molar-refractivity contribution in [2.24, 2.45) is 0 Å². The molecule has 2 heteroatoms. The fourth-order valence-electron chi connectivity index (χ4n) is 1.39. The molecular formula is C11H13NO. The quantitative estimate of drug-likeness (QED) is 0.684. The molecule has 0 radical (unpaired) electrons. The highest BCUT2D eigenvalue weighted by molar-refractivity contribution is 5.60. The van der Waals surface area contributed by atoms with E-state index in [-0.39, 0.29) is 6.10 Å². The lowest BCUT2D eigenvalue weighted by atomic mass is 10.3. The molecule has 68 valence electrons. The van der Waals surface area contributed by atoms with E-state index < -0.39 is 0 Å². The summed E-state index contributed by atoms with van der Waals surface area (Å²) < 4.78 is 7.72. The summed E-state index contributed by atoms with van der Waals surface area (Å²) in [6.45, 7) is 4.07. The predicted octanol–water partition coefficient (Wildman–Crippen LogP) is 2.73. The van der Waals surface area contributed by atoms with Crippen LogP contribution < -0.4 is 4.74 Å². The van der Waals surface area contributed by atoms with Crippen molar-refractivity contribution in [3.8, 4) is 5.75 Å². The van der Waals surface area contributed by atoms with Gasteiger partial charge in [-0.3, -0.25) is 0 Å². The lowest BCUT2D eigenvalue weighted by Crippen LogP contribution is -2.06. The van der Waals surface area contributed by atoms with Gasteiger partial charge in [-0.15, -0.1) is 0 Å². The molecule has 2 heterocycles. The van der Waals surface area contributed by atoms with E-state index in [9.17, 15) is 0 Å². The van der Waals surface area contributed by atoms with E-state index in [0.29, 0.717) is 0 Å². The first-order valence-corrected chi connectivity index (χ1v) is 4.50. The van der Waals surface area contributed by atoms with E-state index in [4.69, 9.17) is 4.74 Å². The van der Waals surface area contributed by atoms with Crippen LogP contribution in [0.5, 0.6) is 5.75 Å². The first-order chi connectivity index (χ1) is 6.27. The first-order valence-electron chi connectivity index (χ1n) is 4.50. The van der Waals surface area contributed by atoms with Crippen LogP contribution in [-0.2, 0) is 0 Å². The van der Waals surface area contributed by atoms with E-state index in [0.717, 1.165) is 11.3 Å². The van der Waals surface area contributed by atoms with Crippen LogP contribution in [0.2, 0.25) is 0 Å². The maximum atomic E-state index is 5.66. The van der Waals surface area contributed by atoms with Crippen LogP contribution in [-0.4, -0.2) is 10.5 Å². The third-order valence-electron chi connectivity index (χ3n) is 1.89. The molecule has 0 aromatic carbocycles. The molecule has 0 spiro atoms. The molecule has 2 nitrogen and oxygen atoms in total. The molecule has 0 saturated heterocycles. The fourth-order valence-corrected chi connectivity index (χ4v) is 1.39. The van der Waals surface area contributed by atoms with Gasteiger partial charge >= 0.3 is 0 Å². The molecule has 2 aromatic rings. The van der Waals surface area contributed by atoms with Gasteiger partial charge in [0.2, 0.25) is 0 Å². The van der Waals surface area contributed by atoms with Gasteiger partial charge < -0.3 is 9.14 Å². The van der Waals surface area contributed by atoms with Crippen molar-refractivity contribution < 1.29 is 4.74 Å². The molecule has 13 heavy (non-hydrogen) atoms. The number of hydrogen-bond donors (Lipinski definition) is 0. The Morgan fingerprint density at radius 1 is 1.15 bits per heavy atom. The molecule has 0 aliphatic carbocycles. The summed E-state index contributed by atoms with van der Waals surface area (Å²) in [7, 11) is 0. The standard InChI is InChI=1S/C11H13NO/c1-9(2)13-11-6-4-8-12-7-3-5-10(11)12/h3-9H,1-2H3. The average molecular weight is 175 g/mol. The van der Waals surface area contributed by atoms with Gasteiger partial charge in [0.25, 0.3) is 0 Å². The second-order valence-corrected chi connectivity index (χ2v) is 3.34.